The standard InChI is InChI=1S/C22H25N5O2/c1-3-26(17-9-5-4-6-10-17)21(28)19-18-11-7-8-12-27(18)20(23-19)22(29)25-15-13-24(2)14-16-25/h4-12H,3,13-16H2,1-2H3. The first kappa shape index (κ1) is 19.1. The molecule has 150 valence electrons. The minimum Gasteiger partial charge on any atom is -0.333 e. The van der Waals surface area contributed by atoms with Crippen LogP contribution in [0.4, 0.5) is 5.69 Å². The fraction of sp³-hybridized carbons (Fsp3) is 0.318. The highest BCUT2D eigenvalue weighted by atomic mass is 16.2. The number of carbonyl (C=O) groups is 2. The van der Waals surface area contributed by atoms with E-state index in [1.165, 1.54) is 0 Å². The van der Waals surface area contributed by atoms with Gasteiger partial charge in [-0.3, -0.25) is 14.0 Å². The predicted octanol–water partition coefficient (Wildman–Crippen LogP) is 2.39. The molecule has 3 aromatic rings. The van der Waals surface area contributed by atoms with Crippen LogP contribution in [0.15, 0.2) is 54.7 Å². The Balaban J connectivity index is 1.72. The van der Waals surface area contributed by atoms with Crippen LogP contribution in [0.3, 0.4) is 0 Å². The van der Waals surface area contributed by atoms with E-state index in [0.717, 1.165) is 18.8 Å². The second kappa shape index (κ2) is 8.05. The summed E-state index contributed by atoms with van der Waals surface area (Å²) in [7, 11) is 2.05. The average Bonchev–Trinajstić information content (AvgIpc) is 3.15. The fourth-order valence-electron chi connectivity index (χ4n) is 3.68. The van der Waals surface area contributed by atoms with Gasteiger partial charge in [-0.05, 0) is 38.2 Å². The number of para-hydroxylation sites is 1. The van der Waals surface area contributed by atoms with Crippen molar-refractivity contribution in [2.24, 2.45) is 0 Å². The van der Waals surface area contributed by atoms with Crippen LogP contribution in [-0.2, 0) is 0 Å². The van der Waals surface area contributed by atoms with E-state index >= 15 is 0 Å². The predicted molar refractivity (Wildman–Crippen MR) is 112 cm³/mol. The van der Waals surface area contributed by atoms with Gasteiger partial charge in [0.05, 0.1) is 5.52 Å². The van der Waals surface area contributed by atoms with Gasteiger partial charge in [0.25, 0.3) is 11.8 Å². The Labute approximate surface area is 170 Å². The van der Waals surface area contributed by atoms with E-state index in [4.69, 9.17) is 0 Å². The number of benzene rings is 1. The summed E-state index contributed by atoms with van der Waals surface area (Å²) in [5, 5.41) is 0. The Hall–Kier alpha value is -3.19. The molecule has 7 nitrogen and oxygen atoms in total. The number of hydrogen-bond acceptors (Lipinski definition) is 4. The number of piperazine rings is 1. The van der Waals surface area contributed by atoms with Crippen molar-refractivity contribution in [3.63, 3.8) is 0 Å². The Morgan fingerprint density at radius 3 is 2.38 bits per heavy atom. The molecule has 0 saturated carbocycles. The van der Waals surface area contributed by atoms with Crippen molar-refractivity contribution in [1.82, 2.24) is 19.2 Å². The molecule has 1 fully saturated rings. The summed E-state index contributed by atoms with van der Waals surface area (Å²) in [6.07, 6.45) is 1.79. The molecule has 1 saturated heterocycles. The van der Waals surface area contributed by atoms with Crippen LogP contribution in [0, 0.1) is 0 Å². The Morgan fingerprint density at radius 1 is 1.00 bits per heavy atom. The van der Waals surface area contributed by atoms with Crippen molar-refractivity contribution in [3.8, 4) is 0 Å². The van der Waals surface area contributed by atoms with Crippen molar-refractivity contribution in [2.45, 2.75) is 6.92 Å². The summed E-state index contributed by atoms with van der Waals surface area (Å²) in [5.41, 5.74) is 1.75. The summed E-state index contributed by atoms with van der Waals surface area (Å²) in [5.74, 6) is -0.0569. The topological polar surface area (TPSA) is 61.2 Å². The molecule has 3 heterocycles. The van der Waals surface area contributed by atoms with Gasteiger partial charge in [0, 0.05) is 44.6 Å². The van der Waals surface area contributed by atoms with Crippen LogP contribution in [-0.4, -0.2) is 70.8 Å². The van der Waals surface area contributed by atoms with Gasteiger partial charge in [-0.1, -0.05) is 24.3 Å². The Kier molecular flexibility index (Phi) is 5.31. The molecule has 7 heteroatoms. The third-order valence-electron chi connectivity index (χ3n) is 5.36. The van der Waals surface area contributed by atoms with Crippen molar-refractivity contribution in [1.29, 1.82) is 0 Å². The number of rotatable bonds is 4. The first-order valence-electron chi connectivity index (χ1n) is 9.92. The van der Waals surface area contributed by atoms with Gasteiger partial charge in [-0.15, -0.1) is 0 Å². The molecule has 2 amide bonds. The quantitative estimate of drug-likeness (QED) is 0.685. The SMILES string of the molecule is CCN(C(=O)c1nc(C(=O)N2CCN(C)CC2)n2ccccc12)c1ccccc1. The molecule has 2 aromatic heterocycles. The molecule has 29 heavy (non-hydrogen) atoms. The summed E-state index contributed by atoms with van der Waals surface area (Å²) < 4.78 is 1.73. The molecule has 0 bridgehead atoms. The molecular weight excluding hydrogens is 366 g/mol. The van der Waals surface area contributed by atoms with E-state index in [1.54, 1.807) is 15.5 Å². The highest BCUT2D eigenvalue weighted by Gasteiger charge is 2.28. The number of anilines is 1. The molecule has 0 aliphatic carbocycles. The summed E-state index contributed by atoms with van der Waals surface area (Å²) in [4.78, 5) is 36.8. The fourth-order valence-corrected chi connectivity index (χ4v) is 3.68. The molecule has 1 aliphatic rings. The van der Waals surface area contributed by atoms with Crippen molar-refractivity contribution in [2.75, 3.05) is 44.7 Å². The zero-order chi connectivity index (χ0) is 20.4. The van der Waals surface area contributed by atoms with Crippen molar-refractivity contribution in [3.05, 3.63) is 66.2 Å². The first-order chi connectivity index (χ1) is 14.1. The zero-order valence-electron chi connectivity index (χ0n) is 16.8. The minimum atomic E-state index is -0.208. The molecule has 0 N–H and O–H groups in total. The lowest BCUT2D eigenvalue weighted by atomic mass is 10.2. The maximum absolute atomic E-state index is 13.4. The van der Waals surface area contributed by atoms with Gasteiger partial charge in [0.15, 0.2) is 5.69 Å². The van der Waals surface area contributed by atoms with E-state index in [2.05, 4.69) is 9.88 Å². The molecule has 0 atom stereocenters. The number of likely N-dealkylation sites (N-methyl/N-ethyl adjacent to an activating group) is 1. The first-order valence-corrected chi connectivity index (χ1v) is 9.92. The largest absolute Gasteiger partial charge is 0.333 e. The van der Waals surface area contributed by atoms with Crippen molar-refractivity contribution >= 4 is 23.0 Å². The van der Waals surface area contributed by atoms with Crippen LogP contribution < -0.4 is 4.90 Å². The number of hydrogen-bond donors (Lipinski definition) is 0. The Morgan fingerprint density at radius 2 is 1.69 bits per heavy atom. The van der Waals surface area contributed by atoms with E-state index < -0.39 is 0 Å². The van der Waals surface area contributed by atoms with E-state index in [0.29, 0.717) is 30.8 Å². The van der Waals surface area contributed by atoms with Gasteiger partial charge >= 0.3 is 0 Å². The van der Waals surface area contributed by atoms with Crippen LogP contribution in [0.25, 0.3) is 5.52 Å². The average molecular weight is 391 g/mol. The molecule has 4 rings (SSSR count). The smallest absolute Gasteiger partial charge is 0.290 e. The molecule has 1 aromatic carbocycles. The number of aromatic nitrogens is 2. The number of carbonyl (C=O) groups excluding carboxylic acids is 2. The van der Waals surface area contributed by atoms with Gasteiger partial charge in [-0.25, -0.2) is 4.98 Å². The molecule has 1 aliphatic heterocycles. The number of amides is 2. The number of fused-ring (bicyclic) bond motifs is 1. The Bertz CT molecular complexity index is 1020. The number of imidazole rings is 1. The van der Waals surface area contributed by atoms with Gasteiger partial charge in [-0.2, -0.15) is 0 Å². The monoisotopic (exact) mass is 391 g/mol. The normalized spacial score (nSPS) is 14.9. The third-order valence-corrected chi connectivity index (χ3v) is 5.36. The summed E-state index contributed by atoms with van der Waals surface area (Å²) in [6, 6.07) is 15.1. The molecule has 0 spiro atoms. The van der Waals surface area contributed by atoms with E-state index in [9.17, 15) is 9.59 Å². The zero-order valence-corrected chi connectivity index (χ0v) is 16.8. The highest BCUT2D eigenvalue weighted by molar-refractivity contribution is 6.10. The van der Waals surface area contributed by atoms with Crippen LogP contribution in [0.1, 0.15) is 28.0 Å². The van der Waals surface area contributed by atoms with Crippen LogP contribution >= 0.6 is 0 Å². The lowest BCUT2D eigenvalue weighted by molar-refractivity contribution is 0.0651. The molecular formula is C22H25N5O2. The van der Waals surface area contributed by atoms with Crippen molar-refractivity contribution < 1.29 is 9.59 Å². The lowest BCUT2D eigenvalue weighted by Gasteiger charge is -2.31. The lowest BCUT2D eigenvalue weighted by Crippen LogP contribution is -2.47. The highest BCUT2D eigenvalue weighted by Crippen LogP contribution is 2.21. The minimum absolute atomic E-state index is 0.138. The second-order valence-corrected chi connectivity index (χ2v) is 7.22. The van der Waals surface area contributed by atoms with Gasteiger partial charge in [0.2, 0.25) is 5.82 Å². The third kappa shape index (κ3) is 3.61. The maximum atomic E-state index is 13.4. The second-order valence-electron chi connectivity index (χ2n) is 7.22. The molecule has 0 unspecified atom stereocenters. The van der Waals surface area contributed by atoms with E-state index in [1.807, 2.05) is 67.4 Å². The van der Waals surface area contributed by atoms with Crippen LogP contribution in [0.2, 0.25) is 0 Å². The van der Waals surface area contributed by atoms with Gasteiger partial charge < -0.3 is 14.7 Å². The summed E-state index contributed by atoms with van der Waals surface area (Å²) >= 11 is 0. The summed E-state index contributed by atoms with van der Waals surface area (Å²) in [6.45, 7) is 5.42. The van der Waals surface area contributed by atoms with Gasteiger partial charge in [0.1, 0.15) is 0 Å². The number of pyridine rings is 1. The van der Waals surface area contributed by atoms with E-state index in [-0.39, 0.29) is 17.6 Å². The maximum Gasteiger partial charge on any atom is 0.290 e. The molecule has 0 radical (unpaired) electrons. The van der Waals surface area contributed by atoms with Crippen LogP contribution in [0.5, 0.6) is 0 Å². The number of nitrogens with zero attached hydrogens (tertiary/aromatic N) is 5.